The predicted octanol–water partition coefficient (Wildman–Crippen LogP) is 2.75. The molecule has 110 valence electrons. The topological polar surface area (TPSA) is 42.2 Å². The highest BCUT2D eigenvalue weighted by Gasteiger charge is 2.17. The first-order valence-corrected chi connectivity index (χ1v) is 7.51. The van der Waals surface area contributed by atoms with Gasteiger partial charge in [-0.15, -0.1) is 0 Å². The third kappa shape index (κ3) is 2.15. The summed E-state index contributed by atoms with van der Waals surface area (Å²) in [4.78, 5) is 10.9. The normalized spacial score (nSPS) is 11.0. The average molecular weight is 299 g/mol. The van der Waals surface area contributed by atoms with Crippen LogP contribution < -0.4 is 5.46 Å². The number of hydrogen-bond acceptors (Lipinski definition) is 2. The third-order valence-electron chi connectivity index (χ3n) is 4.18. The fourth-order valence-electron chi connectivity index (χ4n) is 3.11. The van der Waals surface area contributed by atoms with Gasteiger partial charge in [-0.2, -0.15) is 0 Å². The Morgan fingerprint density at radius 1 is 0.826 bits per heavy atom. The number of carbonyl (C=O) groups is 1. The van der Waals surface area contributed by atoms with E-state index in [4.69, 9.17) is 0 Å². The van der Waals surface area contributed by atoms with Crippen LogP contribution in [0.25, 0.3) is 27.5 Å². The first kappa shape index (κ1) is 13.8. The van der Waals surface area contributed by atoms with E-state index >= 15 is 0 Å². The Morgan fingerprint density at radius 3 is 2.30 bits per heavy atom. The van der Waals surface area contributed by atoms with Crippen molar-refractivity contribution in [3.8, 4) is 5.69 Å². The molecule has 0 bridgehead atoms. The number of carbonyl (C=O) groups excluding carboxylic acids is 1. The Balaban J connectivity index is 2.11. The molecule has 0 aliphatic rings. The quantitative estimate of drug-likeness (QED) is 0.467. The molecule has 1 N–H and O–H groups in total. The molecule has 4 heteroatoms. The molecule has 0 atom stereocenters. The molecule has 3 nitrogen and oxygen atoms in total. The molecule has 0 spiro atoms. The zero-order valence-electron chi connectivity index (χ0n) is 12.4. The van der Waals surface area contributed by atoms with Crippen molar-refractivity contribution in [1.29, 1.82) is 0 Å². The summed E-state index contributed by atoms with van der Waals surface area (Å²) in [6.45, 7) is -1.08. The zero-order chi connectivity index (χ0) is 15.8. The molecule has 0 aliphatic carbocycles. The Hall–Kier alpha value is -2.85. The Bertz CT molecular complexity index is 1010. The van der Waals surface area contributed by atoms with E-state index in [2.05, 4.69) is 28.8 Å². The fraction of sp³-hybridized carbons (Fsp3) is 0. The first-order valence-electron chi connectivity index (χ1n) is 7.51. The largest absolute Gasteiger partial charge is 0.441 e. The van der Waals surface area contributed by atoms with E-state index < -0.39 is 6.92 Å². The summed E-state index contributed by atoms with van der Waals surface area (Å²) in [5.41, 5.74) is 3.86. The lowest BCUT2D eigenvalue weighted by Crippen LogP contribution is -2.31. The molecule has 0 radical (unpaired) electrons. The van der Waals surface area contributed by atoms with Crippen molar-refractivity contribution >= 4 is 40.4 Å². The molecular weight excluding hydrogens is 285 g/mol. The van der Waals surface area contributed by atoms with Gasteiger partial charge in [-0.1, -0.05) is 48.5 Å². The summed E-state index contributed by atoms with van der Waals surface area (Å²) in [7, 11) is 0. The van der Waals surface area contributed by atoms with Gasteiger partial charge in [-0.25, -0.2) is 0 Å². The molecule has 4 rings (SSSR count). The lowest BCUT2D eigenvalue weighted by molar-refractivity contribution is 0.549. The van der Waals surface area contributed by atoms with Crippen molar-refractivity contribution in [3.63, 3.8) is 0 Å². The van der Waals surface area contributed by atoms with Gasteiger partial charge in [0.2, 0.25) is 0 Å². The van der Waals surface area contributed by atoms with E-state index in [9.17, 15) is 9.82 Å². The maximum atomic E-state index is 10.9. The van der Waals surface area contributed by atoms with Gasteiger partial charge in [0.15, 0.2) is 0 Å². The zero-order valence-corrected chi connectivity index (χ0v) is 12.4. The van der Waals surface area contributed by atoms with Crippen LogP contribution in [0.1, 0.15) is 0 Å². The molecule has 0 amide bonds. The summed E-state index contributed by atoms with van der Waals surface area (Å²) in [5.74, 6) is 0. The van der Waals surface area contributed by atoms with E-state index in [1.807, 2.05) is 42.5 Å². The van der Waals surface area contributed by atoms with Crippen molar-refractivity contribution in [1.82, 2.24) is 4.57 Å². The molecule has 4 aromatic rings. The van der Waals surface area contributed by atoms with Crippen molar-refractivity contribution < 1.29 is 9.82 Å². The van der Waals surface area contributed by atoms with Crippen LogP contribution in [0.5, 0.6) is 0 Å². The van der Waals surface area contributed by atoms with Crippen LogP contribution in [0.3, 0.4) is 0 Å². The molecule has 23 heavy (non-hydrogen) atoms. The van der Waals surface area contributed by atoms with Crippen molar-refractivity contribution in [2.45, 2.75) is 0 Å². The molecule has 3 aromatic carbocycles. The number of para-hydroxylation sites is 2. The van der Waals surface area contributed by atoms with E-state index in [0.29, 0.717) is 11.6 Å². The second-order valence-corrected chi connectivity index (χ2v) is 5.55. The molecule has 0 saturated carbocycles. The minimum absolute atomic E-state index is 0.553. The van der Waals surface area contributed by atoms with Gasteiger partial charge in [0, 0.05) is 16.5 Å². The molecule has 1 heterocycles. The van der Waals surface area contributed by atoms with Crippen LogP contribution in [0, 0.1) is 0 Å². The summed E-state index contributed by atoms with van der Waals surface area (Å²) < 4.78 is 2.20. The third-order valence-corrected chi connectivity index (χ3v) is 4.18. The highest BCUT2D eigenvalue weighted by atomic mass is 16.2. The SMILES string of the molecule is O=CB(O)c1ccc2c(c1)c1ccccc1n2-c1ccccc1. The number of nitrogens with zero attached hydrogens (tertiary/aromatic N) is 1. The average Bonchev–Trinajstić information content (AvgIpc) is 2.95. The fourth-order valence-corrected chi connectivity index (χ4v) is 3.11. The van der Waals surface area contributed by atoms with Crippen molar-refractivity contribution in [3.05, 3.63) is 72.8 Å². The van der Waals surface area contributed by atoms with Crippen LogP contribution in [-0.2, 0) is 4.79 Å². The number of aromatic nitrogens is 1. The smallest absolute Gasteiger partial charge is 0.395 e. The minimum Gasteiger partial charge on any atom is -0.441 e. The van der Waals surface area contributed by atoms with Crippen LogP contribution in [0.2, 0.25) is 0 Å². The second kappa shape index (κ2) is 5.41. The molecule has 0 fully saturated rings. The van der Waals surface area contributed by atoms with Crippen LogP contribution >= 0.6 is 0 Å². The van der Waals surface area contributed by atoms with Gasteiger partial charge < -0.3 is 14.4 Å². The molecule has 0 saturated heterocycles. The Labute approximate surface area is 133 Å². The van der Waals surface area contributed by atoms with Gasteiger partial charge in [-0.05, 0) is 29.7 Å². The molecule has 1 aromatic heterocycles. The molecular formula is C19H14BNO2. The van der Waals surface area contributed by atoms with Crippen LogP contribution in [0.15, 0.2) is 72.8 Å². The summed E-state index contributed by atoms with van der Waals surface area (Å²) >= 11 is 0. The van der Waals surface area contributed by atoms with Gasteiger partial charge in [0.1, 0.15) is 6.19 Å². The summed E-state index contributed by atoms with van der Waals surface area (Å²) in [6.07, 6.45) is 0.553. The maximum absolute atomic E-state index is 10.9. The van der Waals surface area contributed by atoms with E-state index in [-0.39, 0.29) is 0 Å². The monoisotopic (exact) mass is 299 g/mol. The van der Waals surface area contributed by atoms with Gasteiger partial charge in [0.05, 0.1) is 11.0 Å². The van der Waals surface area contributed by atoms with Gasteiger partial charge >= 0.3 is 6.92 Å². The van der Waals surface area contributed by atoms with Crippen LogP contribution in [-0.4, -0.2) is 22.7 Å². The van der Waals surface area contributed by atoms with Crippen LogP contribution in [0.4, 0.5) is 0 Å². The lowest BCUT2D eigenvalue weighted by Gasteiger charge is -2.07. The van der Waals surface area contributed by atoms with E-state index in [1.54, 1.807) is 6.07 Å². The predicted molar refractivity (Wildman–Crippen MR) is 95.1 cm³/mol. The standard InChI is InChI=1S/C19H14BNO2/c22-13-20(23)14-10-11-19-17(12-14)16-8-4-5-9-18(16)21(19)15-6-2-1-3-7-15/h1-13,23H. The highest BCUT2D eigenvalue weighted by molar-refractivity contribution is 6.89. The van der Waals surface area contributed by atoms with E-state index in [1.165, 1.54) is 0 Å². The number of hydrogen-bond donors (Lipinski definition) is 1. The summed E-state index contributed by atoms with van der Waals surface area (Å²) in [5, 5.41) is 11.9. The number of rotatable bonds is 3. The molecule has 0 unspecified atom stereocenters. The van der Waals surface area contributed by atoms with Gasteiger partial charge in [0.25, 0.3) is 0 Å². The van der Waals surface area contributed by atoms with Crippen molar-refractivity contribution in [2.75, 3.05) is 0 Å². The van der Waals surface area contributed by atoms with Crippen molar-refractivity contribution in [2.24, 2.45) is 0 Å². The Morgan fingerprint density at radius 2 is 1.52 bits per heavy atom. The number of fused-ring (bicyclic) bond motifs is 3. The first-order chi connectivity index (χ1) is 11.3. The molecule has 0 aliphatic heterocycles. The minimum atomic E-state index is -1.08. The number of benzene rings is 3. The Kier molecular flexibility index (Phi) is 3.25. The second-order valence-electron chi connectivity index (χ2n) is 5.55. The van der Waals surface area contributed by atoms with E-state index in [0.717, 1.165) is 27.5 Å². The summed E-state index contributed by atoms with van der Waals surface area (Å²) in [6, 6.07) is 24.0. The lowest BCUT2D eigenvalue weighted by atomic mass is 9.63. The van der Waals surface area contributed by atoms with Gasteiger partial charge in [-0.3, -0.25) is 0 Å². The highest BCUT2D eigenvalue weighted by Crippen LogP contribution is 2.31. The maximum Gasteiger partial charge on any atom is 0.395 e.